The summed E-state index contributed by atoms with van der Waals surface area (Å²) in [6.07, 6.45) is -0.421. The third-order valence-corrected chi connectivity index (χ3v) is 6.55. The Morgan fingerprint density at radius 1 is 1.00 bits per heavy atom. The molecule has 0 aliphatic carbocycles. The summed E-state index contributed by atoms with van der Waals surface area (Å²) in [6, 6.07) is 22.0. The monoisotopic (exact) mass is 512 g/mol. The van der Waals surface area contributed by atoms with E-state index in [0.29, 0.717) is 39.4 Å². The fraction of sp³-hybridized carbons (Fsp3) is 0.231. The Hall–Kier alpha value is -3.26. The number of nitrogens with zero attached hydrogens (tertiary/aromatic N) is 3. The minimum atomic E-state index is -1.04. The van der Waals surface area contributed by atoms with E-state index in [-0.39, 0.29) is 6.03 Å². The Bertz CT molecular complexity index is 1220. The van der Waals surface area contributed by atoms with E-state index in [1.807, 2.05) is 44.2 Å². The molecule has 3 aromatic carbocycles. The highest BCUT2D eigenvalue weighted by Gasteiger charge is 2.55. The van der Waals surface area contributed by atoms with Gasteiger partial charge < -0.3 is 10.2 Å². The fourth-order valence-electron chi connectivity index (χ4n) is 4.35. The third kappa shape index (κ3) is 5.22. The number of amides is 4. The number of hydrogen-bond donors (Lipinski definition) is 2. The quantitative estimate of drug-likeness (QED) is 0.292. The van der Waals surface area contributed by atoms with Crippen LogP contribution in [-0.2, 0) is 6.42 Å². The first-order valence-electron chi connectivity index (χ1n) is 11.1. The van der Waals surface area contributed by atoms with Crippen molar-refractivity contribution in [2.75, 3.05) is 16.8 Å². The highest BCUT2D eigenvalue weighted by molar-refractivity contribution is 6.31. The molecule has 0 aromatic heterocycles. The smallest absolute Gasteiger partial charge is 0.315 e. The molecule has 0 spiro atoms. The largest absolute Gasteiger partial charge is 0.347 e. The topological polar surface area (TPSA) is 76.1 Å². The molecule has 4 amide bonds. The zero-order valence-electron chi connectivity index (χ0n) is 19.4. The Balaban J connectivity index is 1.66. The van der Waals surface area contributed by atoms with E-state index >= 15 is 0 Å². The first-order valence-corrected chi connectivity index (χ1v) is 11.9. The lowest BCUT2D eigenvalue weighted by Crippen LogP contribution is -2.58. The van der Waals surface area contributed by atoms with Crippen LogP contribution in [0.15, 0.2) is 78.9 Å². The summed E-state index contributed by atoms with van der Waals surface area (Å²) in [5.74, 6) is 0. The molecule has 1 aliphatic rings. The van der Waals surface area contributed by atoms with Gasteiger partial charge in [0.2, 0.25) is 0 Å². The van der Waals surface area contributed by atoms with Crippen molar-refractivity contribution in [3.63, 3.8) is 0 Å². The molecule has 1 atom stereocenters. The lowest BCUT2D eigenvalue weighted by molar-refractivity contribution is -0.0947. The van der Waals surface area contributed by atoms with Gasteiger partial charge in [-0.15, -0.1) is 0 Å². The van der Waals surface area contributed by atoms with Crippen molar-refractivity contribution < 1.29 is 14.8 Å². The molecule has 7 nitrogen and oxygen atoms in total. The van der Waals surface area contributed by atoms with E-state index in [1.54, 1.807) is 53.4 Å². The number of urea groups is 2. The van der Waals surface area contributed by atoms with E-state index < -0.39 is 17.7 Å². The van der Waals surface area contributed by atoms with E-state index in [2.05, 4.69) is 5.32 Å². The summed E-state index contributed by atoms with van der Waals surface area (Å²) in [6.45, 7) is 4.04. The lowest BCUT2D eigenvalue weighted by Gasteiger charge is -2.38. The second-order valence-corrected chi connectivity index (χ2v) is 9.70. The second kappa shape index (κ2) is 10.2. The molecular weight excluding hydrogens is 487 g/mol. The molecule has 3 aromatic rings. The minimum Gasteiger partial charge on any atom is -0.315 e. The lowest BCUT2D eigenvalue weighted by atomic mass is 9.99. The number of carbonyl (C=O) groups is 2. The maximum absolute atomic E-state index is 13.7. The highest BCUT2D eigenvalue weighted by atomic mass is 35.5. The van der Waals surface area contributed by atoms with E-state index in [9.17, 15) is 14.8 Å². The van der Waals surface area contributed by atoms with Gasteiger partial charge >= 0.3 is 12.1 Å². The maximum Gasteiger partial charge on any atom is 0.347 e. The number of hydrogen-bond acceptors (Lipinski definition) is 3. The molecule has 182 valence electrons. The average Bonchev–Trinajstić information content (AvgIpc) is 3.02. The van der Waals surface area contributed by atoms with Crippen LogP contribution in [0.3, 0.4) is 0 Å². The Morgan fingerprint density at radius 3 is 2.31 bits per heavy atom. The van der Waals surface area contributed by atoms with Gasteiger partial charge in [-0.05, 0) is 62.2 Å². The molecule has 4 rings (SSSR count). The van der Waals surface area contributed by atoms with Crippen LogP contribution >= 0.6 is 23.2 Å². The highest BCUT2D eigenvalue weighted by Crippen LogP contribution is 2.38. The molecule has 1 fully saturated rings. The molecule has 1 aliphatic heterocycles. The molecule has 0 saturated carbocycles. The van der Waals surface area contributed by atoms with E-state index in [4.69, 9.17) is 23.2 Å². The third-order valence-electron chi connectivity index (χ3n) is 6.08. The molecule has 2 N–H and O–H groups in total. The maximum atomic E-state index is 13.7. The van der Waals surface area contributed by atoms with Gasteiger partial charge in [-0.3, -0.25) is 10.1 Å². The fourth-order valence-corrected chi connectivity index (χ4v) is 4.72. The summed E-state index contributed by atoms with van der Waals surface area (Å²) in [5, 5.41) is 15.2. The van der Waals surface area contributed by atoms with Crippen LogP contribution in [-0.4, -0.2) is 45.5 Å². The number of benzene rings is 3. The Kier molecular flexibility index (Phi) is 7.21. The van der Waals surface area contributed by atoms with Crippen molar-refractivity contribution in [1.82, 2.24) is 9.96 Å². The van der Waals surface area contributed by atoms with Gasteiger partial charge in [0.25, 0.3) is 0 Å². The van der Waals surface area contributed by atoms with Crippen LogP contribution in [0, 0.1) is 0 Å². The van der Waals surface area contributed by atoms with Gasteiger partial charge in [0.05, 0.1) is 5.54 Å². The van der Waals surface area contributed by atoms with Crippen LogP contribution in [0.2, 0.25) is 10.0 Å². The molecule has 0 unspecified atom stereocenters. The summed E-state index contributed by atoms with van der Waals surface area (Å²) >= 11 is 12.2. The van der Waals surface area contributed by atoms with E-state index in [1.165, 1.54) is 4.90 Å². The molecule has 35 heavy (non-hydrogen) atoms. The molecular formula is C26H26Cl2N4O3. The summed E-state index contributed by atoms with van der Waals surface area (Å²) in [4.78, 5) is 29.9. The molecule has 0 radical (unpaired) electrons. The summed E-state index contributed by atoms with van der Waals surface area (Å²) in [5.41, 5.74) is 1.01. The van der Waals surface area contributed by atoms with Crippen molar-refractivity contribution in [2.45, 2.75) is 32.0 Å². The van der Waals surface area contributed by atoms with Gasteiger partial charge in [0.1, 0.15) is 0 Å². The van der Waals surface area contributed by atoms with Gasteiger partial charge in [-0.1, -0.05) is 65.7 Å². The van der Waals surface area contributed by atoms with Crippen LogP contribution in [0.25, 0.3) is 0 Å². The van der Waals surface area contributed by atoms with Crippen LogP contribution in [0.5, 0.6) is 0 Å². The SMILES string of the molecule is CC1(C)[C@@H](N(O)C(=O)Nc2cccc(Cl)c2)N(c2cccc(Cl)c2)C(=O)N1CCc1ccccc1. The molecule has 1 saturated heterocycles. The number of carbonyl (C=O) groups excluding carboxylic acids is 2. The average molecular weight is 513 g/mol. The number of halogens is 2. The normalized spacial score (nSPS) is 16.9. The standard InChI is InChI=1S/C26H26Cl2N4O3/c1-26(2)23(32(35)24(33)29-21-12-6-10-19(27)16-21)31(22-13-7-11-20(28)17-22)25(34)30(26)15-14-18-8-4-3-5-9-18/h3-13,16-17,23,35H,14-15H2,1-2H3,(H,29,33)/t23-/m1/s1. The predicted molar refractivity (Wildman–Crippen MR) is 138 cm³/mol. The molecule has 0 bridgehead atoms. The Labute approximate surface area is 214 Å². The Morgan fingerprint density at radius 2 is 1.66 bits per heavy atom. The second-order valence-electron chi connectivity index (χ2n) is 8.83. The number of anilines is 2. The van der Waals surface area contributed by atoms with Crippen LogP contribution in [0.1, 0.15) is 19.4 Å². The first kappa shape index (κ1) is 24.9. The first-order chi connectivity index (χ1) is 16.7. The van der Waals surface area contributed by atoms with Crippen LogP contribution < -0.4 is 10.2 Å². The van der Waals surface area contributed by atoms with Gasteiger partial charge in [-0.2, -0.15) is 5.06 Å². The zero-order valence-corrected chi connectivity index (χ0v) is 20.9. The van der Waals surface area contributed by atoms with Crippen LogP contribution in [0.4, 0.5) is 21.0 Å². The number of nitrogens with one attached hydrogen (secondary N) is 1. The van der Waals surface area contributed by atoms with Gasteiger partial charge in [0, 0.05) is 28.0 Å². The minimum absolute atomic E-state index is 0.340. The molecule has 9 heteroatoms. The van der Waals surface area contributed by atoms with Gasteiger partial charge in [0.15, 0.2) is 6.17 Å². The van der Waals surface area contributed by atoms with Crippen molar-refractivity contribution in [3.8, 4) is 0 Å². The van der Waals surface area contributed by atoms with E-state index in [0.717, 1.165) is 5.56 Å². The number of hydroxylamine groups is 2. The van der Waals surface area contributed by atoms with Crippen molar-refractivity contribution in [2.24, 2.45) is 0 Å². The summed E-state index contributed by atoms with van der Waals surface area (Å²) < 4.78 is 0. The number of rotatable bonds is 6. The summed E-state index contributed by atoms with van der Waals surface area (Å²) in [7, 11) is 0. The zero-order chi connectivity index (χ0) is 25.2. The van der Waals surface area contributed by atoms with Gasteiger partial charge in [-0.25, -0.2) is 9.59 Å². The predicted octanol–water partition coefficient (Wildman–Crippen LogP) is 6.51. The molecule has 1 heterocycles. The van der Waals surface area contributed by atoms with Crippen molar-refractivity contribution in [1.29, 1.82) is 0 Å². The van der Waals surface area contributed by atoms with Crippen molar-refractivity contribution >= 4 is 46.6 Å². The van der Waals surface area contributed by atoms with Crippen molar-refractivity contribution in [3.05, 3.63) is 94.5 Å².